The summed E-state index contributed by atoms with van der Waals surface area (Å²) >= 11 is 1.69. The minimum Gasteiger partial charge on any atom is -0.370 e. The van der Waals surface area contributed by atoms with E-state index >= 15 is 0 Å². The fourth-order valence-corrected chi connectivity index (χ4v) is 2.13. The van der Waals surface area contributed by atoms with E-state index < -0.39 is 0 Å². The molecule has 0 amide bonds. The van der Waals surface area contributed by atoms with Crippen LogP contribution in [0.4, 0.5) is 0 Å². The summed E-state index contributed by atoms with van der Waals surface area (Å²) < 4.78 is 0. The monoisotopic (exact) mass is 368 g/mol. The van der Waals surface area contributed by atoms with Gasteiger partial charge in [0.1, 0.15) is 0 Å². The van der Waals surface area contributed by atoms with Crippen molar-refractivity contribution in [2.75, 3.05) is 0 Å². The van der Waals surface area contributed by atoms with E-state index in [-0.39, 0.29) is 29.5 Å². The highest BCUT2D eigenvalue weighted by Crippen LogP contribution is 2.16. The van der Waals surface area contributed by atoms with Crippen LogP contribution in [0.15, 0.2) is 4.99 Å². The molecule has 0 saturated carbocycles. The Morgan fingerprint density at radius 1 is 1.41 bits per heavy atom. The molecular weight excluding hydrogens is 347 g/mol. The highest BCUT2D eigenvalue weighted by molar-refractivity contribution is 14.0. The first-order valence-electron chi connectivity index (χ1n) is 5.29. The average Bonchev–Trinajstić information content (AvgIpc) is 2.38. The molecule has 1 rings (SSSR count). The second-order valence-electron chi connectivity index (χ2n) is 4.81. The number of halogens is 1. The summed E-state index contributed by atoms with van der Waals surface area (Å²) in [4.78, 5) is 9.90. The zero-order valence-electron chi connectivity index (χ0n) is 11.0. The molecule has 3 N–H and O–H groups in total. The maximum Gasteiger partial charge on any atom is 0.189 e. The second kappa shape index (κ2) is 6.53. The van der Waals surface area contributed by atoms with Crippen molar-refractivity contribution in [2.24, 2.45) is 10.7 Å². The van der Waals surface area contributed by atoms with Crippen LogP contribution in [0, 0.1) is 13.8 Å². The minimum atomic E-state index is -0.0549. The topological polar surface area (TPSA) is 63.3 Å². The van der Waals surface area contributed by atoms with E-state index in [1.165, 1.54) is 4.88 Å². The first-order chi connectivity index (χ1) is 7.28. The molecule has 1 aromatic heterocycles. The van der Waals surface area contributed by atoms with Crippen molar-refractivity contribution in [2.45, 2.75) is 46.7 Å². The fourth-order valence-electron chi connectivity index (χ4n) is 1.30. The van der Waals surface area contributed by atoms with Gasteiger partial charge in [-0.3, -0.25) is 0 Å². The van der Waals surface area contributed by atoms with Gasteiger partial charge in [-0.25, -0.2) is 9.98 Å². The highest BCUT2D eigenvalue weighted by atomic mass is 127. The zero-order valence-corrected chi connectivity index (χ0v) is 14.1. The third kappa shape index (κ3) is 6.21. The van der Waals surface area contributed by atoms with E-state index in [9.17, 15) is 0 Å². The summed E-state index contributed by atoms with van der Waals surface area (Å²) in [7, 11) is 0. The quantitative estimate of drug-likeness (QED) is 0.479. The lowest BCUT2D eigenvalue weighted by molar-refractivity contribution is 0.508. The summed E-state index contributed by atoms with van der Waals surface area (Å²) in [6.45, 7) is 10.8. The molecule has 0 aromatic carbocycles. The van der Waals surface area contributed by atoms with Gasteiger partial charge in [0, 0.05) is 10.4 Å². The van der Waals surface area contributed by atoms with E-state index in [0.717, 1.165) is 10.7 Å². The Hall–Kier alpha value is -0.370. The molecule has 0 fully saturated rings. The minimum absolute atomic E-state index is 0. The average molecular weight is 368 g/mol. The van der Waals surface area contributed by atoms with Crippen molar-refractivity contribution in [3.63, 3.8) is 0 Å². The van der Waals surface area contributed by atoms with Crippen LogP contribution >= 0.6 is 35.3 Å². The lowest BCUT2D eigenvalue weighted by Gasteiger charge is -2.20. The van der Waals surface area contributed by atoms with Gasteiger partial charge < -0.3 is 11.1 Å². The molecule has 0 spiro atoms. The molecule has 0 saturated heterocycles. The van der Waals surface area contributed by atoms with E-state index in [2.05, 4.69) is 22.2 Å². The Morgan fingerprint density at radius 3 is 2.41 bits per heavy atom. The third-order valence-corrected chi connectivity index (χ3v) is 2.83. The van der Waals surface area contributed by atoms with Crippen LogP contribution in [0.3, 0.4) is 0 Å². The molecule has 0 unspecified atom stereocenters. The van der Waals surface area contributed by atoms with Crippen LogP contribution in [0.2, 0.25) is 0 Å². The summed E-state index contributed by atoms with van der Waals surface area (Å²) in [5.41, 5.74) is 6.74. The Morgan fingerprint density at radius 2 is 2.00 bits per heavy atom. The van der Waals surface area contributed by atoms with Crippen molar-refractivity contribution in [1.29, 1.82) is 0 Å². The molecule has 4 nitrogen and oxygen atoms in total. The predicted octanol–water partition coefficient (Wildman–Crippen LogP) is 2.58. The molecule has 0 aliphatic rings. The molecular formula is C11H21IN4S. The van der Waals surface area contributed by atoms with Crippen molar-refractivity contribution in [3.8, 4) is 0 Å². The lowest BCUT2D eigenvalue weighted by Crippen LogP contribution is -2.45. The summed E-state index contributed by atoms with van der Waals surface area (Å²) in [6.07, 6.45) is 0. The van der Waals surface area contributed by atoms with E-state index in [1.54, 1.807) is 11.3 Å². The number of hydrogen-bond donors (Lipinski definition) is 2. The third-order valence-electron chi connectivity index (χ3n) is 1.90. The maximum absolute atomic E-state index is 5.78. The number of aryl methyl sites for hydroxylation is 2. The van der Waals surface area contributed by atoms with Gasteiger partial charge in [-0.2, -0.15) is 0 Å². The summed E-state index contributed by atoms with van der Waals surface area (Å²) in [6, 6.07) is 0. The number of guanidine groups is 1. The standard InChI is InChI=1S/C11H20N4S.HI/c1-7-9(14-8(2)16-7)6-13-10(12)15-11(3,4)5;/h6H2,1-5H3,(H3,12,13,15);1H. The van der Waals surface area contributed by atoms with Gasteiger partial charge in [-0.05, 0) is 34.6 Å². The second-order valence-corrected chi connectivity index (χ2v) is 6.22. The molecule has 0 radical (unpaired) electrons. The Bertz CT molecular complexity index is 393. The largest absolute Gasteiger partial charge is 0.370 e. The Kier molecular flexibility index (Phi) is 6.39. The predicted molar refractivity (Wildman–Crippen MR) is 85.2 cm³/mol. The number of aromatic nitrogens is 1. The maximum atomic E-state index is 5.78. The van der Waals surface area contributed by atoms with Crippen molar-refractivity contribution in [1.82, 2.24) is 10.3 Å². The summed E-state index contributed by atoms with van der Waals surface area (Å²) in [5, 5.41) is 4.19. The number of nitrogens with one attached hydrogen (secondary N) is 1. The molecule has 1 aromatic rings. The van der Waals surface area contributed by atoms with Crippen molar-refractivity contribution < 1.29 is 0 Å². The SMILES string of the molecule is Cc1nc(CN=C(N)NC(C)(C)C)c(C)s1.I. The molecule has 0 bridgehead atoms. The van der Waals surface area contributed by atoms with Crippen LogP contribution in [0.1, 0.15) is 36.3 Å². The van der Waals surface area contributed by atoms with E-state index in [1.807, 2.05) is 27.7 Å². The number of hydrogen-bond acceptors (Lipinski definition) is 3. The first kappa shape index (κ1) is 16.6. The number of nitrogens with two attached hydrogens (primary N) is 1. The van der Waals surface area contributed by atoms with E-state index in [4.69, 9.17) is 5.73 Å². The van der Waals surface area contributed by atoms with Gasteiger partial charge in [-0.15, -0.1) is 35.3 Å². The smallest absolute Gasteiger partial charge is 0.189 e. The number of aliphatic imine (C=N–C) groups is 1. The number of nitrogens with zero attached hydrogens (tertiary/aromatic N) is 2. The first-order valence-corrected chi connectivity index (χ1v) is 6.10. The van der Waals surface area contributed by atoms with Crippen molar-refractivity contribution in [3.05, 3.63) is 15.6 Å². The molecule has 1 heterocycles. The molecule has 17 heavy (non-hydrogen) atoms. The van der Waals surface area contributed by atoms with Crippen LogP contribution in [0.5, 0.6) is 0 Å². The molecule has 98 valence electrons. The van der Waals surface area contributed by atoms with Gasteiger partial charge in [0.05, 0.1) is 17.2 Å². The molecule has 0 aliphatic heterocycles. The van der Waals surface area contributed by atoms with Crippen LogP contribution in [-0.2, 0) is 6.54 Å². The van der Waals surface area contributed by atoms with Gasteiger partial charge in [-0.1, -0.05) is 0 Å². The highest BCUT2D eigenvalue weighted by Gasteiger charge is 2.10. The van der Waals surface area contributed by atoms with E-state index in [0.29, 0.717) is 12.5 Å². The Labute approximate surface area is 124 Å². The van der Waals surface area contributed by atoms with Crippen molar-refractivity contribution >= 4 is 41.3 Å². The van der Waals surface area contributed by atoms with Gasteiger partial charge >= 0.3 is 0 Å². The van der Waals surface area contributed by atoms with Gasteiger partial charge in [0.15, 0.2) is 5.96 Å². The van der Waals surface area contributed by atoms with Crippen LogP contribution < -0.4 is 11.1 Å². The lowest BCUT2D eigenvalue weighted by atomic mass is 10.1. The van der Waals surface area contributed by atoms with Gasteiger partial charge in [0.25, 0.3) is 0 Å². The Balaban J connectivity index is 0.00000256. The fraction of sp³-hybridized carbons (Fsp3) is 0.636. The number of thiazole rings is 1. The molecule has 6 heteroatoms. The molecule has 0 atom stereocenters. The van der Waals surface area contributed by atoms with Gasteiger partial charge in [0.2, 0.25) is 0 Å². The molecule has 0 aliphatic carbocycles. The van der Waals surface area contributed by atoms with Crippen LogP contribution in [0.25, 0.3) is 0 Å². The zero-order chi connectivity index (χ0) is 12.3. The van der Waals surface area contributed by atoms with Crippen LogP contribution in [-0.4, -0.2) is 16.5 Å². The normalized spacial score (nSPS) is 12.2. The number of rotatable bonds is 2. The summed E-state index contributed by atoms with van der Waals surface area (Å²) in [5.74, 6) is 0.470.